The van der Waals surface area contributed by atoms with Crippen molar-refractivity contribution in [3.63, 3.8) is 0 Å². The van der Waals surface area contributed by atoms with Crippen molar-refractivity contribution in [3.05, 3.63) is 40.8 Å². The van der Waals surface area contributed by atoms with Gasteiger partial charge in [-0.1, -0.05) is 18.2 Å². The summed E-state index contributed by atoms with van der Waals surface area (Å²) in [6, 6.07) is 10.8. The Hall–Kier alpha value is -1.87. The molecular weight excluding hydrogens is 402 g/mol. The Morgan fingerprint density at radius 1 is 1.28 bits per heavy atom. The van der Waals surface area contributed by atoms with Gasteiger partial charge in [0.25, 0.3) is 0 Å². The minimum absolute atomic E-state index is 0.0158. The fourth-order valence-corrected chi connectivity index (χ4v) is 5.69. The van der Waals surface area contributed by atoms with Crippen molar-refractivity contribution >= 4 is 45.1 Å². The monoisotopic (exact) mass is 427 g/mol. The number of benzene rings is 1. The third-order valence-electron chi connectivity index (χ3n) is 5.60. The van der Waals surface area contributed by atoms with E-state index in [2.05, 4.69) is 47.5 Å². The fourth-order valence-electron chi connectivity index (χ4n) is 3.75. The van der Waals surface area contributed by atoms with E-state index in [0.29, 0.717) is 19.8 Å². The second kappa shape index (κ2) is 7.75. The number of aromatic nitrogens is 2. The summed E-state index contributed by atoms with van der Waals surface area (Å²) in [5.41, 5.74) is 8.36. The van der Waals surface area contributed by atoms with Gasteiger partial charge in [-0.15, -0.1) is 23.1 Å². The standard InChI is InChI=1S/C21H25N5OS2/c1-14-8-16-18(29-14)19(23-11-21(10-22)12-27-13-21)25-20(24-16)26-6-7-28-17-5-3-2-4-15(17)9-26/h2-5,8H,6-7,9-13,22H2,1H3,(H,23,24,25). The number of thioether (sulfide) groups is 1. The second-order valence-electron chi connectivity index (χ2n) is 7.87. The number of nitrogens with zero attached hydrogens (tertiary/aromatic N) is 3. The van der Waals surface area contributed by atoms with Crippen LogP contribution in [0.3, 0.4) is 0 Å². The van der Waals surface area contributed by atoms with Crippen molar-refractivity contribution in [2.24, 2.45) is 11.1 Å². The molecular formula is C21H25N5OS2. The number of rotatable bonds is 5. The molecule has 1 saturated heterocycles. The minimum Gasteiger partial charge on any atom is -0.380 e. The number of hydrogen-bond acceptors (Lipinski definition) is 8. The normalized spacial score (nSPS) is 18.2. The first kappa shape index (κ1) is 19.1. The maximum atomic E-state index is 6.00. The van der Waals surface area contributed by atoms with Crippen LogP contribution in [0, 0.1) is 12.3 Å². The Kier molecular flexibility index (Phi) is 5.11. The highest BCUT2D eigenvalue weighted by Gasteiger charge is 2.37. The second-order valence-corrected chi connectivity index (χ2v) is 10.3. The van der Waals surface area contributed by atoms with E-state index in [1.807, 2.05) is 11.8 Å². The Bertz CT molecular complexity index is 1030. The van der Waals surface area contributed by atoms with E-state index in [1.54, 1.807) is 11.3 Å². The molecule has 2 aliphatic rings. The van der Waals surface area contributed by atoms with Crippen molar-refractivity contribution in [2.75, 3.05) is 48.8 Å². The van der Waals surface area contributed by atoms with Crippen molar-refractivity contribution in [1.82, 2.24) is 9.97 Å². The number of ether oxygens (including phenoxy) is 1. The molecule has 8 heteroatoms. The van der Waals surface area contributed by atoms with Gasteiger partial charge in [0, 0.05) is 47.1 Å². The topological polar surface area (TPSA) is 76.3 Å². The first-order valence-corrected chi connectivity index (χ1v) is 11.7. The highest BCUT2D eigenvalue weighted by atomic mass is 32.2. The summed E-state index contributed by atoms with van der Waals surface area (Å²) < 4.78 is 6.53. The first-order valence-electron chi connectivity index (χ1n) is 9.91. The van der Waals surface area contributed by atoms with Crippen LogP contribution in [0.5, 0.6) is 0 Å². The largest absolute Gasteiger partial charge is 0.380 e. The highest BCUT2D eigenvalue weighted by Crippen LogP contribution is 2.35. The molecule has 2 aliphatic heterocycles. The summed E-state index contributed by atoms with van der Waals surface area (Å²) >= 11 is 3.65. The molecule has 0 radical (unpaired) electrons. The van der Waals surface area contributed by atoms with Gasteiger partial charge in [0.2, 0.25) is 5.95 Å². The van der Waals surface area contributed by atoms with Gasteiger partial charge in [-0.05, 0) is 24.6 Å². The molecule has 0 saturated carbocycles. The zero-order chi connectivity index (χ0) is 19.8. The Labute approximate surface area is 178 Å². The lowest BCUT2D eigenvalue weighted by Crippen LogP contribution is -2.52. The summed E-state index contributed by atoms with van der Waals surface area (Å²) in [6.45, 7) is 6.68. The van der Waals surface area contributed by atoms with Gasteiger partial charge in [-0.25, -0.2) is 4.98 Å². The van der Waals surface area contributed by atoms with Crippen LogP contribution >= 0.6 is 23.1 Å². The SMILES string of the molecule is Cc1cc2nc(N3CCSc4ccccc4C3)nc(NCC3(CN)COC3)c2s1. The van der Waals surface area contributed by atoms with E-state index >= 15 is 0 Å². The summed E-state index contributed by atoms with van der Waals surface area (Å²) in [7, 11) is 0. The fraction of sp³-hybridized carbons (Fsp3) is 0.429. The van der Waals surface area contributed by atoms with Gasteiger partial charge in [-0.3, -0.25) is 0 Å². The molecule has 29 heavy (non-hydrogen) atoms. The average Bonchev–Trinajstić information content (AvgIpc) is 2.94. The maximum absolute atomic E-state index is 6.00. The summed E-state index contributed by atoms with van der Waals surface area (Å²) in [4.78, 5) is 14.8. The zero-order valence-electron chi connectivity index (χ0n) is 16.5. The van der Waals surface area contributed by atoms with E-state index in [1.165, 1.54) is 15.3 Å². The van der Waals surface area contributed by atoms with E-state index in [9.17, 15) is 0 Å². The quantitative estimate of drug-likeness (QED) is 0.645. The molecule has 5 rings (SSSR count). The number of nitrogens with one attached hydrogen (secondary N) is 1. The average molecular weight is 428 g/mol. The van der Waals surface area contributed by atoms with Crippen LogP contribution in [-0.4, -0.2) is 48.6 Å². The molecule has 3 N–H and O–H groups in total. The Balaban J connectivity index is 1.48. The van der Waals surface area contributed by atoms with Crippen LogP contribution in [0.1, 0.15) is 10.4 Å². The Morgan fingerprint density at radius 2 is 2.14 bits per heavy atom. The van der Waals surface area contributed by atoms with Gasteiger partial charge in [-0.2, -0.15) is 4.98 Å². The smallest absolute Gasteiger partial charge is 0.228 e. The van der Waals surface area contributed by atoms with Gasteiger partial charge < -0.3 is 20.7 Å². The third-order valence-corrected chi connectivity index (χ3v) is 7.74. The molecule has 1 fully saturated rings. The molecule has 1 aromatic carbocycles. The summed E-state index contributed by atoms with van der Waals surface area (Å²) in [5.74, 6) is 2.73. The number of hydrogen-bond donors (Lipinski definition) is 2. The maximum Gasteiger partial charge on any atom is 0.228 e. The van der Waals surface area contributed by atoms with Crippen LogP contribution in [0.25, 0.3) is 10.2 Å². The number of fused-ring (bicyclic) bond motifs is 2. The van der Waals surface area contributed by atoms with Crippen LogP contribution in [-0.2, 0) is 11.3 Å². The van der Waals surface area contributed by atoms with Crippen molar-refractivity contribution in [3.8, 4) is 0 Å². The third kappa shape index (κ3) is 3.70. The lowest BCUT2D eigenvalue weighted by atomic mass is 9.86. The predicted molar refractivity (Wildman–Crippen MR) is 121 cm³/mol. The van der Waals surface area contributed by atoms with Gasteiger partial charge >= 0.3 is 0 Å². The molecule has 0 aliphatic carbocycles. The van der Waals surface area contributed by atoms with Crippen LogP contribution in [0.15, 0.2) is 35.2 Å². The van der Waals surface area contributed by atoms with E-state index in [4.69, 9.17) is 20.4 Å². The zero-order valence-corrected chi connectivity index (χ0v) is 18.1. The molecule has 3 aromatic rings. The molecule has 0 bridgehead atoms. The van der Waals surface area contributed by atoms with Gasteiger partial charge in [0.05, 0.1) is 23.4 Å². The van der Waals surface area contributed by atoms with Crippen molar-refractivity contribution in [2.45, 2.75) is 18.4 Å². The van der Waals surface area contributed by atoms with Crippen LogP contribution in [0.2, 0.25) is 0 Å². The van der Waals surface area contributed by atoms with E-state index < -0.39 is 0 Å². The summed E-state index contributed by atoms with van der Waals surface area (Å²) in [6.07, 6.45) is 0. The predicted octanol–water partition coefficient (Wildman–Crippen LogP) is 3.50. The molecule has 6 nitrogen and oxygen atoms in total. The van der Waals surface area contributed by atoms with Gasteiger partial charge in [0.15, 0.2) is 0 Å². The molecule has 0 amide bonds. The minimum atomic E-state index is 0.0158. The van der Waals surface area contributed by atoms with Crippen LogP contribution in [0.4, 0.5) is 11.8 Å². The number of nitrogens with two attached hydrogens (primary N) is 1. The van der Waals surface area contributed by atoms with Crippen molar-refractivity contribution in [1.29, 1.82) is 0 Å². The Morgan fingerprint density at radius 3 is 2.93 bits per heavy atom. The lowest BCUT2D eigenvalue weighted by molar-refractivity contribution is -0.0979. The molecule has 0 spiro atoms. The van der Waals surface area contributed by atoms with Gasteiger partial charge in [0.1, 0.15) is 5.82 Å². The molecule has 0 atom stereocenters. The van der Waals surface area contributed by atoms with E-state index in [0.717, 1.165) is 47.4 Å². The summed E-state index contributed by atoms with van der Waals surface area (Å²) in [5, 5.41) is 3.58. The van der Waals surface area contributed by atoms with E-state index in [-0.39, 0.29) is 5.41 Å². The van der Waals surface area contributed by atoms with Crippen molar-refractivity contribution < 1.29 is 4.74 Å². The molecule has 152 valence electrons. The first-order chi connectivity index (χ1) is 14.2. The number of thiophene rings is 1. The van der Waals surface area contributed by atoms with Crippen LogP contribution < -0.4 is 16.0 Å². The number of aryl methyl sites for hydroxylation is 1. The molecule has 2 aromatic heterocycles. The lowest BCUT2D eigenvalue weighted by Gasteiger charge is -2.40. The molecule has 0 unspecified atom stereocenters. The molecule has 4 heterocycles. The number of anilines is 2. The highest BCUT2D eigenvalue weighted by molar-refractivity contribution is 7.99.